The number of unbranched alkanes of at least 4 members (excludes halogenated alkanes) is 4. The van der Waals surface area contributed by atoms with Crippen molar-refractivity contribution in [1.82, 2.24) is 0 Å². The van der Waals surface area contributed by atoms with Crippen LogP contribution < -0.4 is 0 Å². The molecule has 1 aromatic rings. The highest BCUT2D eigenvalue weighted by Gasteiger charge is 2.06. The van der Waals surface area contributed by atoms with Crippen molar-refractivity contribution in [3.8, 4) is 0 Å². The first kappa shape index (κ1) is 14.7. The molecule has 0 aliphatic rings. The van der Waals surface area contributed by atoms with Crippen molar-refractivity contribution < 1.29 is 14.3 Å². The van der Waals surface area contributed by atoms with E-state index in [0.717, 1.165) is 12.8 Å². The Balaban J connectivity index is 2.19. The van der Waals surface area contributed by atoms with E-state index in [1.807, 2.05) is 0 Å². The second-order valence-electron chi connectivity index (χ2n) is 4.45. The highest BCUT2D eigenvalue weighted by Crippen LogP contribution is 2.14. The lowest BCUT2D eigenvalue weighted by atomic mass is 10.1. The SMILES string of the molecule is CCCCCCCC(=O)/C=C/C(O)c1ccco1. The van der Waals surface area contributed by atoms with Crippen LogP contribution in [0.3, 0.4) is 0 Å². The molecule has 0 aliphatic carbocycles. The topological polar surface area (TPSA) is 50.4 Å². The Labute approximate surface area is 109 Å². The van der Waals surface area contributed by atoms with Crippen LogP contribution in [0.1, 0.15) is 57.3 Å². The van der Waals surface area contributed by atoms with Gasteiger partial charge in [-0.25, -0.2) is 0 Å². The van der Waals surface area contributed by atoms with E-state index in [9.17, 15) is 9.90 Å². The maximum atomic E-state index is 11.5. The minimum atomic E-state index is -0.830. The number of aliphatic hydroxyl groups is 1. The van der Waals surface area contributed by atoms with Crippen molar-refractivity contribution >= 4 is 5.78 Å². The molecule has 0 aromatic carbocycles. The summed E-state index contributed by atoms with van der Waals surface area (Å²) in [5.41, 5.74) is 0. The Hall–Kier alpha value is -1.35. The first-order chi connectivity index (χ1) is 8.74. The zero-order valence-electron chi connectivity index (χ0n) is 11.0. The summed E-state index contributed by atoms with van der Waals surface area (Å²) in [6.45, 7) is 2.17. The van der Waals surface area contributed by atoms with Gasteiger partial charge in [-0.3, -0.25) is 4.79 Å². The van der Waals surface area contributed by atoms with Gasteiger partial charge in [-0.2, -0.15) is 0 Å². The molecule has 1 heterocycles. The molecular formula is C15H22O3. The summed E-state index contributed by atoms with van der Waals surface area (Å²) in [5, 5.41) is 9.67. The summed E-state index contributed by atoms with van der Waals surface area (Å²) < 4.78 is 5.04. The fourth-order valence-corrected chi connectivity index (χ4v) is 1.74. The molecule has 0 fully saturated rings. The van der Waals surface area contributed by atoms with Crippen LogP contribution in [0.2, 0.25) is 0 Å². The molecule has 3 nitrogen and oxygen atoms in total. The second-order valence-corrected chi connectivity index (χ2v) is 4.45. The molecule has 0 saturated heterocycles. The first-order valence-electron chi connectivity index (χ1n) is 6.66. The van der Waals surface area contributed by atoms with Gasteiger partial charge in [-0.05, 0) is 30.7 Å². The zero-order chi connectivity index (χ0) is 13.2. The van der Waals surface area contributed by atoms with Crippen molar-refractivity contribution in [1.29, 1.82) is 0 Å². The number of allylic oxidation sites excluding steroid dienone is 1. The Morgan fingerprint density at radius 1 is 1.39 bits per heavy atom. The molecule has 3 heteroatoms. The Kier molecular flexibility index (Phi) is 7.11. The summed E-state index contributed by atoms with van der Waals surface area (Å²) in [6.07, 6.45) is 9.85. The number of hydrogen-bond donors (Lipinski definition) is 1. The van der Waals surface area contributed by atoms with Crippen LogP contribution in [0, 0.1) is 0 Å². The van der Waals surface area contributed by atoms with Gasteiger partial charge >= 0.3 is 0 Å². The average Bonchev–Trinajstić information content (AvgIpc) is 2.89. The molecule has 0 radical (unpaired) electrons. The lowest BCUT2D eigenvalue weighted by Crippen LogP contribution is -1.96. The molecule has 18 heavy (non-hydrogen) atoms. The van der Waals surface area contributed by atoms with E-state index >= 15 is 0 Å². The van der Waals surface area contributed by atoms with Gasteiger partial charge in [0.25, 0.3) is 0 Å². The third kappa shape index (κ3) is 5.82. The number of hydrogen-bond acceptors (Lipinski definition) is 3. The largest absolute Gasteiger partial charge is 0.466 e. The summed E-state index contributed by atoms with van der Waals surface area (Å²) in [4.78, 5) is 11.5. The van der Waals surface area contributed by atoms with Crippen LogP contribution in [0.15, 0.2) is 35.0 Å². The number of furan rings is 1. The van der Waals surface area contributed by atoms with Crippen molar-refractivity contribution in [2.75, 3.05) is 0 Å². The standard InChI is InChI=1S/C15H22O3/c1-2-3-4-5-6-8-13(16)10-11-14(17)15-9-7-12-18-15/h7,9-12,14,17H,2-6,8H2,1H3/b11-10+. The lowest BCUT2D eigenvalue weighted by Gasteiger charge is -2.00. The third-order valence-electron chi connectivity index (χ3n) is 2.83. The molecule has 1 aromatic heterocycles. The Morgan fingerprint density at radius 3 is 2.83 bits per heavy atom. The smallest absolute Gasteiger partial charge is 0.155 e. The fraction of sp³-hybridized carbons (Fsp3) is 0.533. The number of ketones is 1. The lowest BCUT2D eigenvalue weighted by molar-refractivity contribution is -0.114. The third-order valence-corrected chi connectivity index (χ3v) is 2.83. The van der Waals surface area contributed by atoms with Crippen molar-refractivity contribution in [3.05, 3.63) is 36.3 Å². The van der Waals surface area contributed by atoms with E-state index in [2.05, 4.69) is 6.92 Å². The van der Waals surface area contributed by atoms with Crippen LogP contribution in [-0.4, -0.2) is 10.9 Å². The summed E-state index contributed by atoms with van der Waals surface area (Å²) >= 11 is 0. The van der Waals surface area contributed by atoms with Gasteiger partial charge in [0.05, 0.1) is 6.26 Å². The normalized spacial score (nSPS) is 13.0. The predicted molar refractivity (Wildman–Crippen MR) is 71.2 cm³/mol. The Bertz CT molecular complexity index is 352. The average molecular weight is 250 g/mol. The number of carbonyl (C=O) groups is 1. The van der Waals surface area contributed by atoms with Gasteiger partial charge in [0, 0.05) is 6.42 Å². The van der Waals surface area contributed by atoms with Gasteiger partial charge < -0.3 is 9.52 Å². The highest BCUT2D eigenvalue weighted by atomic mass is 16.4. The zero-order valence-corrected chi connectivity index (χ0v) is 11.0. The minimum Gasteiger partial charge on any atom is -0.466 e. The van der Waals surface area contributed by atoms with Crippen molar-refractivity contribution in [2.45, 2.75) is 51.6 Å². The fourth-order valence-electron chi connectivity index (χ4n) is 1.74. The first-order valence-corrected chi connectivity index (χ1v) is 6.66. The monoisotopic (exact) mass is 250 g/mol. The predicted octanol–water partition coefficient (Wildman–Crippen LogP) is 3.80. The summed E-state index contributed by atoms with van der Waals surface area (Å²) in [6, 6.07) is 3.40. The molecule has 0 bridgehead atoms. The molecule has 1 N–H and O–H groups in total. The van der Waals surface area contributed by atoms with Gasteiger partial charge in [-0.15, -0.1) is 0 Å². The van der Waals surface area contributed by atoms with Gasteiger partial charge in [0.15, 0.2) is 5.78 Å². The van der Waals surface area contributed by atoms with Crippen LogP contribution in [0.4, 0.5) is 0 Å². The van der Waals surface area contributed by atoms with E-state index in [-0.39, 0.29) is 5.78 Å². The van der Waals surface area contributed by atoms with Gasteiger partial charge in [0.1, 0.15) is 11.9 Å². The number of aliphatic hydroxyl groups excluding tert-OH is 1. The van der Waals surface area contributed by atoms with Gasteiger partial charge in [0.2, 0.25) is 0 Å². The highest BCUT2D eigenvalue weighted by molar-refractivity contribution is 5.89. The minimum absolute atomic E-state index is 0.0668. The summed E-state index contributed by atoms with van der Waals surface area (Å²) in [5.74, 6) is 0.527. The number of carbonyl (C=O) groups excluding carboxylic acids is 1. The van der Waals surface area contributed by atoms with Crippen LogP contribution in [0.5, 0.6) is 0 Å². The molecule has 1 unspecified atom stereocenters. The van der Waals surface area contributed by atoms with Crippen LogP contribution in [0.25, 0.3) is 0 Å². The molecule has 100 valence electrons. The Morgan fingerprint density at radius 2 is 2.17 bits per heavy atom. The van der Waals surface area contributed by atoms with E-state index in [0.29, 0.717) is 12.2 Å². The maximum Gasteiger partial charge on any atom is 0.155 e. The molecule has 0 amide bonds. The van der Waals surface area contributed by atoms with Crippen LogP contribution >= 0.6 is 0 Å². The number of rotatable bonds is 9. The molecule has 1 atom stereocenters. The van der Waals surface area contributed by atoms with E-state index < -0.39 is 6.10 Å². The van der Waals surface area contributed by atoms with Crippen molar-refractivity contribution in [3.63, 3.8) is 0 Å². The molecule has 0 saturated carbocycles. The summed E-state index contributed by atoms with van der Waals surface area (Å²) in [7, 11) is 0. The van der Waals surface area contributed by atoms with E-state index in [4.69, 9.17) is 4.42 Å². The quantitative estimate of drug-likeness (QED) is 0.535. The van der Waals surface area contributed by atoms with Gasteiger partial charge in [-0.1, -0.05) is 32.6 Å². The molecule has 1 rings (SSSR count). The van der Waals surface area contributed by atoms with E-state index in [1.54, 1.807) is 12.1 Å². The second kappa shape index (κ2) is 8.70. The maximum absolute atomic E-state index is 11.5. The molecule has 0 spiro atoms. The van der Waals surface area contributed by atoms with Crippen molar-refractivity contribution in [2.24, 2.45) is 0 Å². The van der Waals surface area contributed by atoms with E-state index in [1.165, 1.54) is 37.7 Å². The molecular weight excluding hydrogens is 228 g/mol. The van der Waals surface area contributed by atoms with Crippen LogP contribution in [-0.2, 0) is 4.79 Å². The molecule has 0 aliphatic heterocycles.